The number of carboxylic acids is 1. The van der Waals surface area contributed by atoms with Gasteiger partial charge in [0.2, 0.25) is 5.91 Å². The maximum absolute atomic E-state index is 11.5. The summed E-state index contributed by atoms with van der Waals surface area (Å²) >= 11 is 1.03. The van der Waals surface area contributed by atoms with Gasteiger partial charge in [-0.05, 0) is 20.8 Å². The molecule has 0 aliphatic carbocycles. The normalized spacial score (nSPS) is 11.9. The minimum Gasteiger partial charge on any atom is -0.477 e. The van der Waals surface area contributed by atoms with Crippen LogP contribution in [0, 0.1) is 6.92 Å². The lowest BCUT2D eigenvalue weighted by Crippen LogP contribution is -2.37. The predicted octanol–water partition coefficient (Wildman–Crippen LogP) is 1.09. The van der Waals surface area contributed by atoms with Crippen molar-refractivity contribution < 1.29 is 14.7 Å². The molecule has 1 atom stereocenters. The second kappa shape index (κ2) is 5.62. The number of thiazole rings is 1. The van der Waals surface area contributed by atoms with Gasteiger partial charge < -0.3 is 15.7 Å². The van der Waals surface area contributed by atoms with Crippen molar-refractivity contribution in [3.63, 3.8) is 0 Å². The van der Waals surface area contributed by atoms with Gasteiger partial charge in [0, 0.05) is 6.54 Å². The molecule has 0 aliphatic heterocycles. The summed E-state index contributed by atoms with van der Waals surface area (Å²) in [5.41, 5.74) is 0.452. The van der Waals surface area contributed by atoms with E-state index in [2.05, 4.69) is 15.6 Å². The van der Waals surface area contributed by atoms with Crippen LogP contribution in [0.5, 0.6) is 0 Å². The Labute approximate surface area is 103 Å². The second-order valence-corrected chi connectivity index (χ2v) is 4.50. The van der Waals surface area contributed by atoms with Gasteiger partial charge in [-0.15, -0.1) is 0 Å². The Kier molecular flexibility index (Phi) is 4.45. The molecule has 3 N–H and O–H groups in total. The van der Waals surface area contributed by atoms with Gasteiger partial charge in [-0.2, -0.15) is 0 Å². The summed E-state index contributed by atoms with van der Waals surface area (Å²) in [6, 6.07) is -0.442. The van der Waals surface area contributed by atoms with Crippen molar-refractivity contribution in [1.29, 1.82) is 0 Å². The maximum atomic E-state index is 11.5. The summed E-state index contributed by atoms with van der Waals surface area (Å²) < 4.78 is 0. The molecule has 17 heavy (non-hydrogen) atoms. The third-order valence-electron chi connectivity index (χ3n) is 2.08. The molecule has 7 heteroatoms. The van der Waals surface area contributed by atoms with Crippen molar-refractivity contribution >= 4 is 28.3 Å². The van der Waals surface area contributed by atoms with E-state index in [1.54, 1.807) is 13.8 Å². The molecule has 94 valence electrons. The highest BCUT2D eigenvalue weighted by Crippen LogP contribution is 2.22. The number of likely N-dealkylation sites (N-methyl/N-ethyl adjacent to an activating group) is 1. The molecule has 1 amide bonds. The largest absolute Gasteiger partial charge is 0.477 e. The van der Waals surface area contributed by atoms with Gasteiger partial charge >= 0.3 is 5.97 Å². The third-order valence-corrected chi connectivity index (χ3v) is 3.15. The van der Waals surface area contributed by atoms with E-state index in [1.807, 2.05) is 6.92 Å². The number of anilines is 1. The van der Waals surface area contributed by atoms with Crippen molar-refractivity contribution in [1.82, 2.24) is 10.3 Å². The zero-order chi connectivity index (χ0) is 13.0. The highest BCUT2D eigenvalue weighted by atomic mass is 32.1. The molecule has 1 aromatic heterocycles. The second-order valence-electron chi connectivity index (χ2n) is 3.50. The van der Waals surface area contributed by atoms with Crippen LogP contribution in [0.4, 0.5) is 5.13 Å². The number of amides is 1. The Morgan fingerprint density at radius 2 is 2.18 bits per heavy atom. The number of rotatable bonds is 5. The summed E-state index contributed by atoms with van der Waals surface area (Å²) in [4.78, 5) is 26.5. The monoisotopic (exact) mass is 257 g/mol. The van der Waals surface area contributed by atoms with E-state index in [4.69, 9.17) is 5.11 Å². The molecule has 0 fully saturated rings. The molecule has 1 unspecified atom stereocenters. The number of aromatic carboxylic acids is 1. The van der Waals surface area contributed by atoms with Crippen molar-refractivity contribution in [2.45, 2.75) is 26.8 Å². The third kappa shape index (κ3) is 3.42. The number of hydrogen-bond donors (Lipinski definition) is 3. The molecular weight excluding hydrogens is 242 g/mol. The molecule has 0 aromatic carbocycles. The fourth-order valence-corrected chi connectivity index (χ4v) is 2.13. The molecule has 0 bridgehead atoms. The molecule has 0 spiro atoms. The molecule has 1 aromatic rings. The van der Waals surface area contributed by atoms with E-state index in [0.717, 1.165) is 11.3 Å². The minimum atomic E-state index is -1.00. The topological polar surface area (TPSA) is 91.3 Å². The Balaban J connectivity index is 2.72. The van der Waals surface area contributed by atoms with Crippen LogP contribution in [0.1, 0.15) is 29.2 Å². The lowest BCUT2D eigenvalue weighted by atomic mass is 10.3. The molecule has 0 radical (unpaired) electrons. The van der Waals surface area contributed by atoms with Gasteiger partial charge in [0.1, 0.15) is 10.9 Å². The van der Waals surface area contributed by atoms with Crippen LogP contribution in [0.3, 0.4) is 0 Å². The van der Waals surface area contributed by atoms with Gasteiger partial charge in [0.05, 0.1) is 5.69 Å². The van der Waals surface area contributed by atoms with Gasteiger partial charge in [0.15, 0.2) is 5.13 Å². The van der Waals surface area contributed by atoms with E-state index in [1.165, 1.54) is 0 Å². The molecule has 0 saturated heterocycles. The lowest BCUT2D eigenvalue weighted by molar-refractivity contribution is -0.121. The Morgan fingerprint density at radius 1 is 1.53 bits per heavy atom. The molecule has 1 heterocycles. The van der Waals surface area contributed by atoms with Crippen LogP contribution in [0.2, 0.25) is 0 Å². The first kappa shape index (κ1) is 13.4. The number of nitrogens with zero attached hydrogens (tertiary/aromatic N) is 1. The van der Waals surface area contributed by atoms with Crippen LogP contribution >= 0.6 is 11.3 Å². The first-order valence-corrected chi connectivity index (χ1v) is 6.02. The SMILES string of the molecule is CCNC(=O)C(C)Nc1nc(C)c(C(=O)O)s1. The Hall–Kier alpha value is -1.63. The molecule has 1 rings (SSSR count). The van der Waals surface area contributed by atoms with Crippen molar-refractivity contribution in [2.75, 3.05) is 11.9 Å². The number of carboxylic acid groups (broad SMARTS) is 1. The average molecular weight is 257 g/mol. The first-order chi connectivity index (χ1) is 7.95. The zero-order valence-corrected chi connectivity index (χ0v) is 10.7. The predicted molar refractivity (Wildman–Crippen MR) is 65.6 cm³/mol. The van der Waals surface area contributed by atoms with E-state index in [9.17, 15) is 9.59 Å². The van der Waals surface area contributed by atoms with Gasteiger partial charge in [0.25, 0.3) is 0 Å². The van der Waals surface area contributed by atoms with Gasteiger partial charge in [-0.3, -0.25) is 4.79 Å². The summed E-state index contributed by atoms with van der Waals surface area (Å²) in [6.45, 7) is 5.72. The highest BCUT2D eigenvalue weighted by molar-refractivity contribution is 7.17. The smallest absolute Gasteiger partial charge is 0.347 e. The molecular formula is C10H15N3O3S. The minimum absolute atomic E-state index is 0.141. The summed E-state index contributed by atoms with van der Waals surface area (Å²) in [6.07, 6.45) is 0. The van der Waals surface area contributed by atoms with Gasteiger partial charge in [-0.1, -0.05) is 11.3 Å². The van der Waals surface area contributed by atoms with Crippen molar-refractivity contribution in [2.24, 2.45) is 0 Å². The van der Waals surface area contributed by atoms with Crippen LogP contribution in [0.15, 0.2) is 0 Å². The fourth-order valence-electron chi connectivity index (χ4n) is 1.23. The molecule has 0 saturated carbocycles. The lowest BCUT2D eigenvalue weighted by Gasteiger charge is -2.11. The Bertz CT molecular complexity index is 430. The van der Waals surface area contributed by atoms with Crippen LogP contribution in [-0.4, -0.2) is 34.6 Å². The zero-order valence-electron chi connectivity index (χ0n) is 9.90. The van der Waals surface area contributed by atoms with Crippen LogP contribution in [0.25, 0.3) is 0 Å². The Morgan fingerprint density at radius 3 is 2.65 bits per heavy atom. The van der Waals surface area contributed by atoms with E-state index >= 15 is 0 Å². The summed E-state index contributed by atoms with van der Waals surface area (Å²) in [7, 11) is 0. The summed E-state index contributed by atoms with van der Waals surface area (Å²) in [5.74, 6) is -1.14. The quantitative estimate of drug-likeness (QED) is 0.734. The van der Waals surface area contributed by atoms with E-state index in [-0.39, 0.29) is 10.8 Å². The maximum Gasteiger partial charge on any atom is 0.347 e. The molecule has 6 nitrogen and oxygen atoms in total. The van der Waals surface area contributed by atoms with Crippen molar-refractivity contribution in [3.05, 3.63) is 10.6 Å². The van der Waals surface area contributed by atoms with E-state index in [0.29, 0.717) is 17.4 Å². The van der Waals surface area contributed by atoms with Crippen LogP contribution < -0.4 is 10.6 Å². The number of aromatic nitrogens is 1. The van der Waals surface area contributed by atoms with Crippen LogP contribution in [-0.2, 0) is 4.79 Å². The summed E-state index contributed by atoms with van der Waals surface area (Å²) in [5, 5.41) is 14.9. The number of carbonyl (C=O) groups is 2. The average Bonchev–Trinajstić information content (AvgIpc) is 2.59. The van der Waals surface area contributed by atoms with Crippen molar-refractivity contribution in [3.8, 4) is 0 Å². The highest BCUT2D eigenvalue weighted by Gasteiger charge is 2.17. The number of nitrogens with one attached hydrogen (secondary N) is 2. The standard InChI is InChI=1S/C10H15N3O3S/c1-4-11-8(14)6(3)13-10-12-5(2)7(17-10)9(15)16/h6H,4H2,1-3H3,(H,11,14)(H,12,13)(H,15,16). The fraction of sp³-hybridized carbons (Fsp3) is 0.500. The number of carbonyl (C=O) groups excluding carboxylic acids is 1. The number of hydrogen-bond acceptors (Lipinski definition) is 5. The first-order valence-electron chi connectivity index (χ1n) is 5.20. The van der Waals surface area contributed by atoms with Gasteiger partial charge in [-0.25, -0.2) is 9.78 Å². The number of aryl methyl sites for hydroxylation is 1. The molecule has 0 aliphatic rings. The van der Waals surface area contributed by atoms with E-state index < -0.39 is 12.0 Å².